The molecule has 2 heterocycles. The van der Waals surface area contributed by atoms with Crippen LogP contribution in [0.2, 0.25) is 0 Å². The number of ether oxygens (including phenoxy) is 1. The average molecular weight is 547 g/mol. The number of aryl methyl sites for hydroxylation is 2. The van der Waals surface area contributed by atoms with Crippen LogP contribution in [0.3, 0.4) is 0 Å². The summed E-state index contributed by atoms with van der Waals surface area (Å²) in [4.78, 5) is 36.5. The molecule has 1 amide bonds. The molecule has 0 bridgehead atoms. The summed E-state index contributed by atoms with van der Waals surface area (Å²) >= 11 is 0. The van der Waals surface area contributed by atoms with Crippen LogP contribution in [-0.2, 0) is 19.6 Å². The van der Waals surface area contributed by atoms with Crippen molar-refractivity contribution in [2.24, 2.45) is 11.0 Å². The first kappa shape index (κ1) is 25.8. The maximum Gasteiger partial charge on any atom is 0.329 e. The Morgan fingerprint density at radius 2 is 1.67 bits per heavy atom. The van der Waals surface area contributed by atoms with Gasteiger partial charge in [0.25, 0.3) is 21.6 Å². The van der Waals surface area contributed by atoms with Gasteiger partial charge in [-0.3, -0.25) is 19.7 Å². The van der Waals surface area contributed by atoms with Crippen LogP contribution in [0, 0.1) is 29.9 Å². The second kappa shape index (κ2) is 9.48. The van der Waals surface area contributed by atoms with E-state index in [9.17, 15) is 28.1 Å². The summed E-state index contributed by atoms with van der Waals surface area (Å²) in [5.74, 6) is -2.85. The predicted octanol–water partition coefficient (Wildman–Crippen LogP) is 4.35. The largest absolute Gasteiger partial charge is 0.426 e. The van der Waals surface area contributed by atoms with E-state index >= 15 is 0 Å². The van der Waals surface area contributed by atoms with Crippen LogP contribution in [0.4, 0.5) is 11.4 Å². The number of nitro benzene ring substituents is 1. The minimum Gasteiger partial charge on any atom is -0.426 e. The highest BCUT2D eigenvalue weighted by atomic mass is 32.2. The molecule has 0 aliphatic carbocycles. The first-order chi connectivity index (χ1) is 18.5. The highest BCUT2D eigenvalue weighted by Gasteiger charge is 2.41. The molecule has 1 aromatic heterocycles. The van der Waals surface area contributed by atoms with Gasteiger partial charge in [-0.1, -0.05) is 23.8 Å². The van der Waals surface area contributed by atoms with Crippen molar-refractivity contribution >= 4 is 49.9 Å². The first-order valence-electron chi connectivity index (χ1n) is 11.8. The topological polar surface area (TPSA) is 141 Å². The fourth-order valence-corrected chi connectivity index (χ4v) is 5.75. The number of carbonyl (C=O) groups excluding carboxylic acids is 2. The summed E-state index contributed by atoms with van der Waals surface area (Å²) in [6.07, 6.45) is 1.52. The van der Waals surface area contributed by atoms with Crippen molar-refractivity contribution < 1.29 is 27.7 Å². The van der Waals surface area contributed by atoms with Gasteiger partial charge in [0.2, 0.25) is 0 Å². The van der Waals surface area contributed by atoms with Crippen molar-refractivity contribution in [2.45, 2.75) is 25.7 Å². The summed E-state index contributed by atoms with van der Waals surface area (Å²) < 4.78 is 33.4. The number of benzene rings is 3. The number of rotatable bonds is 6. The van der Waals surface area contributed by atoms with E-state index in [1.807, 2.05) is 6.92 Å². The number of anilines is 1. The number of fused-ring (bicyclic) bond motifs is 1. The number of non-ortho nitro benzene ring substituents is 1. The molecule has 0 saturated carbocycles. The molecule has 12 heteroatoms. The smallest absolute Gasteiger partial charge is 0.329 e. The normalized spacial score (nSPS) is 15.5. The van der Waals surface area contributed by atoms with E-state index in [2.05, 4.69) is 5.10 Å². The Bertz CT molecular complexity index is 1790. The van der Waals surface area contributed by atoms with Crippen molar-refractivity contribution in [3.63, 3.8) is 0 Å². The highest BCUT2D eigenvalue weighted by molar-refractivity contribution is 7.90. The maximum absolute atomic E-state index is 13.5. The van der Waals surface area contributed by atoms with Crippen LogP contribution in [0.15, 0.2) is 82.9 Å². The summed E-state index contributed by atoms with van der Waals surface area (Å²) in [5.41, 5.74) is 2.29. The number of nitro groups is 1. The number of hydrogen-bond acceptors (Lipinski definition) is 8. The molecular formula is C27H22N4O7S. The van der Waals surface area contributed by atoms with E-state index in [0.717, 1.165) is 16.1 Å². The molecule has 1 aliphatic rings. The van der Waals surface area contributed by atoms with E-state index in [1.165, 1.54) is 59.6 Å². The number of nitrogens with zero attached hydrogens (tertiary/aromatic N) is 4. The van der Waals surface area contributed by atoms with Crippen LogP contribution >= 0.6 is 0 Å². The van der Waals surface area contributed by atoms with Crippen LogP contribution in [0.1, 0.15) is 18.1 Å². The molecule has 4 aromatic rings. The number of esters is 1. The SMILES string of the molecule is CC1=NN(c2ccc3c(C)cn(S(=O)(=O)c4ccc(C)cc4)c3c2)C(=O)C1C(=O)Oc1ccc([N+](=O)[O-])cc1. The van der Waals surface area contributed by atoms with Crippen molar-refractivity contribution in [2.75, 3.05) is 5.01 Å². The monoisotopic (exact) mass is 546 g/mol. The summed E-state index contributed by atoms with van der Waals surface area (Å²) in [6, 6.07) is 16.2. The molecule has 11 nitrogen and oxygen atoms in total. The average Bonchev–Trinajstić information content (AvgIpc) is 3.40. The van der Waals surface area contributed by atoms with Crippen molar-refractivity contribution in [3.05, 3.63) is 94.2 Å². The summed E-state index contributed by atoms with van der Waals surface area (Å²) in [7, 11) is -3.93. The number of hydrazone groups is 1. The van der Waals surface area contributed by atoms with E-state index in [1.54, 1.807) is 31.2 Å². The van der Waals surface area contributed by atoms with Gasteiger partial charge in [0.05, 0.1) is 26.7 Å². The molecule has 0 spiro atoms. The standard InChI is InChI=1S/C27H22N4O7S/c1-16-4-11-22(12-5-16)39(36,37)29-15-17(2)23-13-8-20(14-24(23)29)30-26(32)25(18(3)28-30)27(33)38-21-9-6-19(7-10-21)31(34)35/h4-15,25H,1-3H3. The molecule has 0 radical (unpaired) electrons. The van der Waals surface area contributed by atoms with Crippen molar-refractivity contribution in [3.8, 4) is 5.75 Å². The van der Waals surface area contributed by atoms with E-state index in [0.29, 0.717) is 10.9 Å². The van der Waals surface area contributed by atoms with E-state index in [4.69, 9.17) is 4.74 Å². The van der Waals surface area contributed by atoms with Gasteiger partial charge in [-0.2, -0.15) is 10.1 Å². The Morgan fingerprint density at radius 1 is 1.00 bits per heavy atom. The lowest BCUT2D eigenvalue weighted by molar-refractivity contribution is -0.384. The molecule has 39 heavy (non-hydrogen) atoms. The summed E-state index contributed by atoms with van der Waals surface area (Å²) in [6.45, 7) is 5.16. The van der Waals surface area contributed by atoms with E-state index in [-0.39, 0.29) is 27.7 Å². The molecule has 1 aliphatic heterocycles. The van der Waals surface area contributed by atoms with Gasteiger partial charge in [-0.25, -0.2) is 12.4 Å². The second-order valence-electron chi connectivity index (χ2n) is 9.12. The Balaban J connectivity index is 1.45. The second-order valence-corrected chi connectivity index (χ2v) is 10.9. The minimum atomic E-state index is -3.93. The molecule has 0 saturated heterocycles. The maximum atomic E-state index is 13.5. The van der Waals surface area contributed by atoms with Gasteiger partial charge >= 0.3 is 5.97 Å². The van der Waals surface area contributed by atoms with Gasteiger partial charge in [-0.05, 0) is 62.7 Å². The van der Waals surface area contributed by atoms with E-state index < -0.39 is 32.7 Å². The third kappa shape index (κ3) is 4.55. The Labute approximate surface area is 223 Å². The van der Waals surface area contributed by atoms with Crippen LogP contribution in [0.5, 0.6) is 5.75 Å². The molecule has 5 rings (SSSR count). The lowest BCUT2D eigenvalue weighted by Gasteiger charge is -2.15. The van der Waals surface area contributed by atoms with Gasteiger partial charge in [0.15, 0.2) is 5.92 Å². The van der Waals surface area contributed by atoms with Gasteiger partial charge in [-0.15, -0.1) is 0 Å². The fraction of sp³-hybridized carbons (Fsp3) is 0.148. The zero-order valence-corrected chi connectivity index (χ0v) is 21.9. The molecular weight excluding hydrogens is 524 g/mol. The lowest BCUT2D eigenvalue weighted by atomic mass is 10.1. The Kier molecular flexibility index (Phi) is 6.27. The lowest BCUT2D eigenvalue weighted by Crippen LogP contribution is -2.35. The van der Waals surface area contributed by atoms with Crippen LogP contribution < -0.4 is 9.75 Å². The zero-order valence-electron chi connectivity index (χ0n) is 21.1. The van der Waals surface area contributed by atoms with Crippen molar-refractivity contribution in [1.82, 2.24) is 3.97 Å². The number of carbonyl (C=O) groups is 2. The summed E-state index contributed by atoms with van der Waals surface area (Å²) in [5, 5.41) is 16.8. The van der Waals surface area contributed by atoms with Gasteiger partial charge < -0.3 is 4.74 Å². The molecule has 0 N–H and O–H groups in total. The number of amides is 1. The molecule has 3 aromatic carbocycles. The third-order valence-electron chi connectivity index (χ3n) is 6.41. The predicted molar refractivity (Wildman–Crippen MR) is 143 cm³/mol. The molecule has 1 unspecified atom stereocenters. The molecule has 0 fully saturated rings. The quantitative estimate of drug-likeness (QED) is 0.115. The number of aromatic nitrogens is 1. The van der Waals surface area contributed by atoms with Gasteiger partial charge in [0.1, 0.15) is 5.75 Å². The first-order valence-corrected chi connectivity index (χ1v) is 13.2. The molecule has 1 atom stereocenters. The van der Waals surface area contributed by atoms with Gasteiger partial charge in [0, 0.05) is 23.7 Å². The minimum absolute atomic E-state index is 0.0423. The van der Waals surface area contributed by atoms with Crippen LogP contribution in [0.25, 0.3) is 10.9 Å². The van der Waals surface area contributed by atoms with Crippen molar-refractivity contribution in [1.29, 1.82) is 0 Å². The number of hydrogen-bond donors (Lipinski definition) is 0. The zero-order chi connectivity index (χ0) is 28.1. The molecule has 198 valence electrons. The Hall–Kier alpha value is -4.84. The van der Waals surface area contributed by atoms with Crippen LogP contribution in [-0.4, -0.2) is 34.9 Å². The highest BCUT2D eigenvalue weighted by Crippen LogP contribution is 2.32. The fourth-order valence-electron chi connectivity index (χ4n) is 4.34. The third-order valence-corrected chi connectivity index (χ3v) is 8.10. The Morgan fingerprint density at radius 3 is 2.31 bits per heavy atom.